The maximum Gasteiger partial charge on any atom is 0.143 e. The van der Waals surface area contributed by atoms with Gasteiger partial charge in [0.05, 0.1) is 6.20 Å². The first-order chi connectivity index (χ1) is 3.79. The number of halogens is 1. The summed E-state index contributed by atoms with van der Waals surface area (Å²) in [6, 6.07) is 0. The third-order valence-electron chi connectivity index (χ3n) is 0.640. The lowest BCUT2D eigenvalue weighted by Gasteiger charge is -1.87. The summed E-state index contributed by atoms with van der Waals surface area (Å²) in [5.41, 5.74) is 0.463. The van der Waals surface area contributed by atoms with E-state index in [4.69, 9.17) is 7.85 Å². The molecule has 1 heterocycles. The van der Waals surface area contributed by atoms with Crippen molar-refractivity contribution >= 4 is 36.0 Å². The number of aromatic nitrogens is 2. The Morgan fingerprint density at radius 2 is 2.12 bits per heavy atom. The first-order valence-electron chi connectivity index (χ1n) is 2.02. The van der Waals surface area contributed by atoms with Gasteiger partial charge in [-0.25, -0.2) is 4.98 Å². The smallest absolute Gasteiger partial charge is 0.143 e. The van der Waals surface area contributed by atoms with Crippen molar-refractivity contribution in [2.75, 3.05) is 0 Å². The molecule has 0 aliphatic rings. The molecule has 0 unspecified atom stereocenters. The second-order valence-electron chi connectivity index (χ2n) is 1.26. The standard InChI is InChI=1S/C4H2BIN2/c5-3-1-8-4(6)2-7-3/h1-2H. The maximum atomic E-state index is 5.25. The summed E-state index contributed by atoms with van der Waals surface area (Å²) < 4.78 is 0.858. The summed E-state index contributed by atoms with van der Waals surface area (Å²) in [7, 11) is 5.25. The molecule has 1 aromatic rings. The second kappa shape index (κ2) is 2.43. The van der Waals surface area contributed by atoms with Crippen LogP contribution in [0.15, 0.2) is 12.4 Å². The van der Waals surface area contributed by atoms with Crippen LogP contribution in [-0.2, 0) is 0 Å². The summed E-state index contributed by atoms with van der Waals surface area (Å²) in [5.74, 6) is 0. The van der Waals surface area contributed by atoms with Crippen LogP contribution in [0.5, 0.6) is 0 Å². The molecule has 1 aromatic heterocycles. The molecule has 0 saturated heterocycles. The van der Waals surface area contributed by atoms with Crippen molar-refractivity contribution in [3.63, 3.8) is 0 Å². The molecule has 0 aliphatic heterocycles. The van der Waals surface area contributed by atoms with Crippen molar-refractivity contribution in [1.29, 1.82) is 0 Å². The first-order valence-corrected chi connectivity index (χ1v) is 3.10. The average molecular weight is 216 g/mol. The first kappa shape index (κ1) is 6.00. The van der Waals surface area contributed by atoms with E-state index in [9.17, 15) is 0 Å². The zero-order chi connectivity index (χ0) is 5.98. The Labute approximate surface area is 62.3 Å². The highest BCUT2D eigenvalue weighted by molar-refractivity contribution is 14.1. The Morgan fingerprint density at radius 3 is 2.50 bits per heavy atom. The van der Waals surface area contributed by atoms with Gasteiger partial charge >= 0.3 is 0 Å². The fourth-order valence-electron chi connectivity index (χ4n) is 0.322. The molecular formula is C4H2BIN2. The van der Waals surface area contributed by atoms with Crippen LogP contribution in [0.3, 0.4) is 0 Å². The van der Waals surface area contributed by atoms with Gasteiger partial charge in [0.15, 0.2) is 0 Å². The minimum atomic E-state index is 0.463. The van der Waals surface area contributed by atoms with Crippen LogP contribution in [-0.4, -0.2) is 17.8 Å². The highest BCUT2D eigenvalue weighted by Crippen LogP contribution is 1.91. The molecule has 0 amide bonds. The van der Waals surface area contributed by atoms with Gasteiger partial charge in [-0.05, 0) is 22.6 Å². The van der Waals surface area contributed by atoms with Crippen molar-refractivity contribution in [1.82, 2.24) is 9.97 Å². The van der Waals surface area contributed by atoms with Gasteiger partial charge in [-0.1, -0.05) is 0 Å². The van der Waals surface area contributed by atoms with Gasteiger partial charge in [0.25, 0.3) is 0 Å². The van der Waals surface area contributed by atoms with E-state index in [0.29, 0.717) is 5.59 Å². The number of rotatable bonds is 0. The predicted molar refractivity (Wildman–Crippen MR) is 40.1 cm³/mol. The van der Waals surface area contributed by atoms with E-state index in [2.05, 4.69) is 32.6 Å². The quantitative estimate of drug-likeness (QED) is 0.446. The normalized spacial score (nSPS) is 9.12. The van der Waals surface area contributed by atoms with E-state index in [1.165, 1.54) is 6.20 Å². The van der Waals surface area contributed by atoms with Crippen LogP contribution in [0.4, 0.5) is 0 Å². The molecule has 4 heteroatoms. The molecule has 0 bridgehead atoms. The van der Waals surface area contributed by atoms with E-state index in [1.54, 1.807) is 6.20 Å². The lowest BCUT2D eigenvalue weighted by atomic mass is 10.1. The lowest BCUT2D eigenvalue weighted by molar-refractivity contribution is 1.20. The van der Waals surface area contributed by atoms with Crippen LogP contribution in [0.2, 0.25) is 0 Å². The van der Waals surface area contributed by atoms with Gasteiger partial charge in [0, 0.05) is 11.8 Å². The Kier molecular flexibility index (Phi) is 1.83. The molecule has 2 nitrogen and oxygen atoms in total. The zero-order valence-electron chi connectivity index (χ0n) is 4.00. The fourth-order valence-corrected chi connectivity index (χ4v) is 0.601. The van der Waals surface area contributed by atoms with Crippen LogP contribution < -0.4 is 5.59 Å². The topological polar surface area (TPSA) is 25.8 Å². The molecule has 0 atom stereocenters. The van der Waals surface area contributed by atoms with Crippen molar-refractivity contribution in [2.45, 2.75) is 0 Å². The van der Waals surface area contributed by atoms with E-state index < -0.39 is 0 Å². The number of nitrogens with zero attached hydrogens (tertiary/aromatic N) is 2. The summed E-state index contributed by atoms with van der Waals surface area (Å²) in [6.45, 7) is 0. The highest BCUT2D eigenvalue weighted by atomic mass is 127. The van der Waals surface area contributed by atoms with Gasteiger partial charge in [-0.3, -0.25) is 4.98 Å². The molecule has 0 fully saturated rings. The average Bonchev–Trinajstić information content (AvgIpc) is 1.77. The molecule has 0 spiro atoms. The van der Waals surface area contributed by atoms with Crippen molar-refractivity contribution in [3.8, 4) is 0 Å². The van der Waals surface area contributed by atoms with Crippen molar-refractivity contribution in [3.05, 3.63) is 16.1 Å². The van der Waals surface area contributed by atoms with E-state index >= 15 is 0 Å². The predicted octanol–water partition coefficient (Wildman–Crippen LogP) is -0.125. The SMILES string of the molecule is [B]c1cnc(I)cn1. The van der Waals surface area contributed by atoms with Crippen LogP contribution >= 0.6 is 22.6 Å². The third kappa shape index (κ3) is 1.43. The van der Waals surface area contributed by atoms with Gasteiger partial charge in [0.1, 0.15) is 11.5 Å². The largest absolute Gasteiger partial charge is 0.269 e. The Morgan fingerprint density at radius 1 is 1.38 bits per heavy atom. The van der Waals surface area contributed by atoms with Crippen LogP contribution in [0, 0.1) is 3.70 Å². The summed E-state index contributed by atoms with van der Waals surface area (Å²) >= 11 is 2.07. The molecule has 0 aliphatic carbocycles. The molecule has 38 valence electrons. The van der Waals surface area contributed by atoms with Crippen LogP contribution in [0.1, 0.15) is 0 Å². The molecule has 0 saturated carbocycles. The molecular weight excluding hydrogens is 214 g/mol. The molecule has 0 aromatic carbocycles. The van der Waals surface area contributed by atoms with Gasteiger partial charge in [-0.15, -0.1) is 0 Å². The fraction of sp³-hybridized carbons (Fsp3) is 0. The van der Waals surface area contributed by atoms with Crippen molar-refractivity contribution in [2.24, 2.45) is 0 Å². The van der Waals surface area contributed by atoms with E-state index in [-0.39, 0.29) is 0 Å². The summed E-state index contributed by atoms with van der Waals surface area (Å²) in [5, 5.41) is 0. The van der Waals surface area contributed by atoms with Gasteiger partial charge in [0.2, 0.25) is 0 Å². The van der Waals surface area contributed by atoms with Gasteiger partial charge < -0.3 is 0 Å². The summed E-state index contributed by atoms with van der Waals surface area (Å²) in [4.78, 5) is 7.66. The molecule has 0 N–H and O–H groups in total. The number of hydrogen-bond donors (Lipinski definition) is 0. The monoisotopic (exact) mass is 216 g/mol. The number of hydrogen-bond acceptors (Lipinski definition) is 2. The Hall–Kier alpha value is -0.125. The lowest BCUT2D eigenvalue weighted by Crippen LogP contribution is -2.07. The van der Waals surface area contributed by atoms with E-state index in [0.717, 1.165) is 3.70 Å². The van der Waals surface area contributed by atoms with Gasteiger partial charge in [-0.2, -0.15) is 0 Å². The Balaban J connectivity index is 3.03. The zero-order valence-corrected chi connectivity index (χ0v) is 6.16. The highest BCUT2D eigenvalue weighted by Gasteiger charge is 1.84. The molecule has 8 heavy (non-hydrogen) atoms. The maximum absolute atomic E-state index is 5.25. The second-order valence-corrected chi connectivity index (χ2v) is 2.37. The molecule has 2 radical (unpaired) electrons. The van der Waals surface area contributed by atoms with Crippen LogP contribution in [0.25, 0.3) is 0 Å². The van der Waals surface area contributed by atoms with Crippen molar-refractivity contribution < 1.29 is 0 Å². The summed E-state index contributed by atoms with van der Waals surface area (Å²) in [6.07, 6.45) is 3.15. The minimum absolute atomic E-state index is 0.463. The van der Waals surface area contributed by atoms with E-state index in [1.807, 2.05) is 0 Å². The Bertz CT molecular complexity index is 153. The third-order valence-corrected chi connectivity index (χ3v) is 1.20. The molecule has 1 rings (SSSR count). The minimum Gasteiger partial charge on any atom is -0.269 e.